The lowest BCUT2D eigenvalue weighted by molar-refractivity contribution is -0.289. The highest BCUT2D eigenvalue weighted by atomic mass is 16.6. The van der Waals surface area contributed by atoms with Gasteiger partial charge in [0.1, 0.15) is 5.60 Å². The first-order valence-electron chi connectivity index (χ1n) is 14.2. The van der Waals surface area contributed by atoms with Crippen LogP contribution in [0, 0.1) is 56.7 Å². The summed E-state index contributed by atoms with van der Waals surface area (Å²) in [5, 5.41) is 10.9. The monoisotopic (exact) mass is 456 g/mol. The zero-order valence-corrected chi connectivity index (χ0v) is 22.3. The van der Waals surface area contributed by atoms with Crippen molar-refractivity contribution in [2.75, 3.05) is 0 Å². The van der Waals surface area contributed by atoms with Gasteiger partial charge < -0.3 is 9.84 Å². The van der Waals surface area contributed by atoms with Crippen LogP contribution >= 0.6 is 0 Å². The summed E-state index contributed by atoms with van der Waals surface area (Å²) in [5.41, 5.74) is 0.485. The molecular weight excluding hydrogens is 408 g/mol. The van der Waals surface area contributed by atoms with Crippen molar-refractivity contribution >= 4 is 5.97 Å². The van der Waals surface area contributed by atoms with Gasteiger partial charge >= 0.3 is 5.97 Å². The summed E-state index contributed by atoms with van der Waals surface area (Å²) in [6, 6.07) is 0. The Balaban J connectivity index is 1.41. The SMILES string of the molecule is C[C@H]1[C@@H]2[C@@H]3CC[C@H]4[C@@]5(C)CC[C@H](O)C(C)(C)[C@@H]5CC[C@@]4(C)[C@]3(C)CC[C@@]23CC[C@]1(C)OC3=O. The number of fused-ring (bicyclic) bond motifs is 7. The Labute approximate surface area is 201 Å². The minimum Gasteiger partial charge on any atom is -0.459 e. The molecule has 2 saturated heterocycles. The van der Waals surface area contributed by atoms with Gasteiger partial charge in [0.15, 0.2) is 0 Å². The first-order chi connectivity index (χ1) is 15.3. The van der Waals surface area contributed by atoms with Crippen molar-refractivity contribution in [3.05, 3.63) is 0 Å². The number of carbonyl (C=O) groups excluding carboxylic acids is 1. The standard InChI is InChI=1S/C30H48O3/c1-18-23-19-8-9-21-26(4)12-11-22(31)25(2,3)20(26)10-13-28(21,6)27(19,5)14-16-30(23)17-15-29(18,7)33-24(30)32/h18-23,31H,8-17H2,1-7H3/t18-,19-,20-,21-,22-,23+,26-,27+,28+,29-,30+/m0/s1. The maximum atomic E-state index is 13.4. The predicted octanol–water partition coefficient (Wildman–Crippen LogP) is 6.76. The van der Waals surface area contributed by atoms with E-state index in [9.17, 15) is 9.90 Å². The Hall–Kier alpha value is -0.570. The molecule has 3 nitrogen and oxygen atoms in total. The first kappa shape index (κ1) is 22.9. The van der Waals surface area contributed by atoms with E-state index in [0.29, 0.717) is 39.9 Å². The molecule has 0 aromatic rings. The highest BCUT2D eigenvalue weighted by Crippen LogP contribution is 2.78. The summed E-state index contributed by atoms with van der Waals surface area (Å²) in [7, 11) is 0. The summed E-state index contributed by atoms with van der Waals surface area (Å²) >= 11 is 0. The molecule has 1 spiro atoms. The Kier molecular flexibility index (Phi) is 4.44. The maximum Gasteiger partial charge on any atom is 0.312 e. The van der Waals surface area contributed by atoms with E-state index in [1.54, 1.807) is 0 Å². The number of aliphatic hydroxyl groups excluding tert-OH is 1. The van der Waals surface area contributed by atoms with Gasteiger partial charge in [-0.25, -0.2) is 0 Å². The van der Waals surface area contributed by atoms with Crippen molar-refractivity contribution in [1.29, 1.82) is 0 Å². The van der Waals surface area contributed by atoms with Gasteiger partial charge in [-0.1, -0.05) is 41.5 Å². The minimum absolute atomic E-state index is 0.0120. The normalized spacial score (nSPS) is 61.3. The Bertz CT molecular complexity index is 880. The Morgan fingerprint density at radius 1 is 0.788 bits per heavy atom. The third-order valence-corrected chi connectivity index (χ3v) is 14.4. The van der Waals surface area contributed by atoms with Gasteiger partial charge in [-0.2, -0.15) is 0 Å². The highest BCUT2D eigenvalue weighted by Gasteiger charge is 2.74. The third kappa shape index (κ3) is 2.40. The van der Waals surface area contributed by atoms with Crippen LogP contribution in [0.5, 0.6) is 0 Å². The fourth-order valence-corrected chi connectivity index (χ4v) is 12.0. The van der Waals surface area contributed by atoms with Gasteiger partial charge in [0, 0.05) is 0 Å². The van der Waals surface area contributed by atoms with E-state index >= 15 is 0 Å². The second-order valence-electron chi connectivity index (χ2n) is 15.2. The van der Waals surface area contributed by atoms with Gasteiger partial charge in [0.05, 0.1) is 11.5 Å². The van der Waals surface area contributed by atoms with Crippen molar-refractivity contribution in [1.82, 2.24) is 0 Å². The molecule has 5 aliphatic carbocycles. The van der Waals surface area contributed by atoms with Gasteiger partial charge in [-0.15, -0.1) is 0 Å². The van der Waals surface area contributed by atoms with Crippen molar-refractivity contribution in [3.8, 4) is 0 Å². The molecule has 0 unspecified atom stereocenters. The van der Waals surface area contributed by atoms with Gasteiger partial charge in [0.2, 0.25) is 0 Å². The average molecular weight is 457 g/mol. The molecule has 1 N–H and O–H groups in total. The lowest BCUT2D eigenvalue weighted by atomic mass is 9.30. The summed E-state index contributed by atoms with van der Waals surface area (Å²) in [5.74, 6) is 3.07. The van der Waals surface area contributed by atoms with Crippen LogP contribution in [0.1, 0.15) is 113 Å². The van der Waals surface area contributed by atoms with E-state index in [1.165, 1.54) is 38.5 Å². The molecule has 3 heteroatoms. The average Bonchev–Trinajstić information content (AvgIpc) is 2.73. The molecular formula is C30H48O3. The van der Waals surface area contributed by atoms with E-state index in [-0.39, 0.29) is 28.5 Å². The summed E-state index contributed by atoms with van der Waals surface area (Å²) in [6.07, 6.45) is 11.4. The molecule has 2 aliphatic heterocycles. The number of hydrogen-bond donors (Lipinski definition) is 1. The second-order valence-corrected chi connectivity index (χ2v) is 15.2. The summed E-state index contributed by atoms with van der Waals surface area (Å²) in [6.45, 7) is 17.2. The number of hydrogen-bond acceptors (Lipinski definition) is 3. The molecule has 0 aromatic carbocycles. The van der Waals surface area contributed by atoms with Crippen LogP contribution in [-0.4, -0.2) is 22.8 Å². The second kappa shape index (κ2) is 6.40. The van der Waals surface area contributed by atoms with Crippen molar-refractivity contribution in [3.63, 3.8) is 0 Å². The molecule has 7 fully saturated rings. The van der Waals surface area contributed by atoms with E-state index in [1.807, 2.05) is 0 Å². The predicted molar refractivity (Wildman–Crippen MR) is 130 cm³/mol. The van der Waals surface area contributed by atoms with Crippen LogP contribution in [0.25, 0.3) is 0 Å². The quantitative estimate of drug-likeness (QED) is 0.409. The summed E-state index contributed by atoms with van der Waals surface area (Å²) in [4.78, 5) is 13.4. The topological polar surface area (TPSA) is 46.5 Å². The Morgan fingerprint density at radius 2 is 1.48 bits per heavy atom. The van der Waals surface area contributed by atoms with Crippen LogP contribution in [-0.2, 0) is 9.53 Å². The summed E-state index contributed by atoms with van der Waals surface area (Å²) < 4.78 is 6.15. The van der Waals surface area contributed by atoms with E-state index in [4.69, 9.17) is 4.74 Å². The first-order valence-corrected chi connectivity index (χ1v) is 14.2. The van der Waals surface area contributed by atoms with Crippen LogP contribution in [0.3, 0.4) is 0 Å². The molecule has 7 aliphatic rings. The minimum atomic E-state index is -0.257. The maximum absolute atomic E-state index is 13.4. The van der Waals surface area contributed by atoms with Gasteiger partial charge in [-0.05, 0) is 122 Å². The zero-order chi connectivity index (χ0) is 23.8. The van der Waals surface area contributed by atoms with Crippen molar-refractivity contribution in [2.45, 2.75) is 124 Å². The molecule has 5 saturated carbocycles. The lowest BCUT2D eigenvalue weighted by Crippen LogP contribution is -2.72. The molecule has 2 bridgehead atoms. The van der Waals surface area contributed by atoms with Crippen molar-refractivity contribution < 1.29 is 14.6 Å². The fourth-order valence-electron chi connectivity index (χ4n) is 12.0. The van der Waals surface area contributed by atoms with Crippen LogP contribution in [0.4, 0.5) is 0 Å². The van der Waals surface area contributed by atoms with Gasteiger partial charge in [0.25, 0.3) is 0 Å². The smallest absolute Gasteiger partial charge is 0.312 e. The van der Waals surface area contributed by atoms with E-state index in [0.717, 1.165) is 31.6 Å². The molecule has 0 amide bonds. The number of carbonyl (C=O) groups is 1. The fraction of sp³-hybridized carbons (Fsp3) is 0.967. The molecule has 33 heavy (non-hydrogen) atoms. The van der Waals surface area contributed by atoms with Crippen LogP contribution in [0.2, 0.25) is 0 Å². The lowest BCUT2D eigenvalue weighted by Gasteiger charge is -2.75. The number of esters is 1. The zero-order valence-electron chi connectivity index (χ0n) is 22.3. The largest absolute Gasteiger partial charge is 0.459 e. The molecule has 186 valence electrons. The van der Waals surface area contributed by atoms with Crippen LogP contribution < -0.4 is 0 Å². The molecule has 0 radical (unpaired) electrons. The number of aliphatic hydroxyl groups is 1. The molecule has 0 aromatic heterocycles. The van der Waals surface area contributed by atoms with Crippen molar-refractivity contribution in [2.24, 2.45) is 56.7 Å². The van der Waals surface area contributed by atoms with Crippen LogP contribution in [0.15, 0.2) is 0 Å². The van der Waals surface area contributed by atoms with E-state index < -0.39 is 0 Å². The third-order valence-electron chi connectivity index (χ3n) is 14.4. The number of ether oxygens (including phenoxy) is 1. The molecule has 11 atom stereocenters. The highest BCUT2D eigenvalue weighted by molar-refractivity contribution is 5.80. The van der Waals surface area contributed by atoms with Gasteiger partial charge in [-0.3, -0.25) is 4.79 Å². The number of rotatable bonds is 0. The van der Waals surface area contributed by atoms with E-state index in [2.05, 4.69) is 48.5 Å². The Morgan fingerprint density at radius 3 is 2.18 bits per heavy atom. The molecule has 2 heterocycles. The molecule has 7 rings (SSSR count).